The first kappa shape index (κ1) is 12.4. The maximum Gasteiger partial charge on any atom is 0.257 e. The van der Waals surface area contributed by atoms with Gasteiger partial charge in [0.15, 0.2) is 0 Å². The van der Waals surface area contributed by atoms with E-state index in [0.29, 0.717) is 16.9 Å². The van der Waals surface area contributed by atoms with Crippen molar-refractivity contribution in [1.82, 2.24) is 14.7 Å². The van der Waals surface area contributed by atoms with Crippen LogP contribution in [0.4, 0.5) is 0 Å². The van der Waals surface area contributed by atoms with Crippen molar-refractivity contribution in [1.29, 1.82) is 0 Å². The predicted molar refractivity (Wildman–Crippen MR) is 67.3 cm³/mol. The number of aromatic nitrogens is 2. The normalized spacial score (nSPS) is 23.3. The fourth-order valence-corrected chi connectivity index (χ4v) is 2.69. The summed E-state index contributed by atoms with van der Waals surface area (Å²) in [5, 5.41) is 4.40. The van der Waals surface area contributed by atoms with Gasteiger partial charge in [-0.05, 0) is 25.7 Å². The maximum absolute atomic E-state index is 12.2. The van der Waals surface area contributed by atoms with E-state index in [1.54, 1.807) is 15.8 Å². The topological polar surface area (TPSA) is 38.1 Å². The fourth-order valence-electron chi connectivity index (χ4n) is 2.19. The molecule has 17 heavy (non-hydrogen) atoms. The number of aryl methyl sites for hydroxylation is 1. The number of alkyl halides is 1. The minimum atomic E-state index is 0.0497. The van der Waals surface area contributed by atoms with Crippen molar-refractivity contribution >= 4 is 17.5 Å². The Morgan fingerprint density at radius 3 is 2.76 bits per heavy atom. The summed E-state index contributed by atoms with van der Waals surface area (Å²) in [5.41, 5.74) is 1.60. The zero-order valence-corrected chi connectivity index (χ0v) is 11.2. The number of hydrogen-bond acceptors (Lipinski definition) is 2. The molecule has 0 bridgehead atoms. The molecule has 2 rings (SSSR count). The molecule has 0 aliphatic heterocycles. The van der Waals surface area contributed by atoms with Crippen molar-refractivity contribution in [3.8, 4) is 0 Å². The highest BCUT2D eigenvalue weighted by Gasteiger charge is 2.29. The van der Waals surface area contributed by atoms with Crippen LogP contribution in [0.5, 0.6) is 0 Å². The number of nitrogens with zero attached hydrogens (tertiary/aromatic N) is 3. The zero-order valence-electron chi connectivity index (χ0n) is 10.5. The van der Waals surface area contributed by atoms with Crippen LogP contribution in [-0.2, 0) is 7.05 Å². The summed E-state index contributed by atoms with van der Waals surface area (Å²) in [6.45, 7) is 2.70. The Morgan fingerprint density at radius 2 is 2.29 bits per heavy atom. The van der Waals surface area contributed by atoms with Gasteiger partial charge in [-0.1, -0.05) is 0 Å². The van der Waals surface area contributed by atoms with Crippen LogP contribution in [0.15, 0.2) is 6.20 Å². The first-order valence-corrected chi connectivity index (χ1v) is 6.30. The van der Waals surface area contributed by atoms with E-state index in [9.17, 15) is 4.79 Å². The van der Waals surface area contributed by atoms with Gasteiger partial charge in [-0.25, -0.2) is 0 Å². The Labute approximate surface area is 107 Å². The molecule has 1 saturated carbocycles. The Morgan fingerprint density at radius 1 is 1.65 bits per heavy atom. The molecular formula is C12H18ClN3O. The van der Waals surface area contributed by atoms with Gasteiger partial charge in [-0.3, -0.25) is 9.48 Å². The van der Waals surface area contributed by atoms with Gasteiger partial charge >= 0.3 is 0 Å². The molecule has 0 unspecified atom stereocenters. The summed E-state index contributed by atoms with van der Waals surface area (Å²) < 4.78 is 1.72. The molecule has 0 N–H and O–H groups in total. The fraction of sp³-hybridized carbons (Fsp3) is 0.667. The van der Waals surface area contributed by atoms with Crippen molar-refractivity contribution in [3.05, 3.63) is 17.5 Å². The summed E-state index contributed by atoms with van der Waals surface area (Å²) in [6, 6.07) is 0. The van der Waals surface area contributed by atoms with E-state index in [-0.39, 0.29) is 5.91 Å². The lowest BCUT2D eigenvalue weighted by atomic mass is 9.84. The molecule has 0 saturated heterocycles. The van der Waals surface area contributed by atoms with Crippen LogP contribution in [0.25, 0.3) is 0 Å². The molecule has 1 aliphatic carbocycles. The number of amides is 1. The van der Waals surface area contributed by atoms with Gasteiger partial charge < -0.3 is 4.90 Å². The Bertz CT molecular complexity index is 423. The molecule has 0 spiro atoms. The van der Waals surface area contributed by atoms with Gasteiger partial charge in [0.25, 0.3) is 5.91 Å². The first-order chi connectivity index (χ1) is 7.99. The summed E-state index contributed by atoms with van der Waals surface area (Å²) in [7, 11) is 3.69. The lowest BCUT2D eigenvalue weighted by molar-refractivity contribution is 0.0746. The minimum Gasteiger partial charge on any atom is -0.341 e. The third-order valence-corrected chi connectivity index (χ3v) is 3.88. The lowest BCUT2D eigenvalue weighted by Crippen LogP contribution is -2.38. The molecule has 94 valence electrons. The second-order valence-electron chi connectivity index (χ2n) is 4.89. The Kier molecular flexibility index (Phi) is 3.43. The SMILES string of the molecule is Cc1c(C(=O)N(C)CC2CC(Cl)C2)cnn1C. The average molecular weight is 256 g/mol. The van der Waals surface area contributed by atoms with Crippen LogP contribution in [0.3, 0.4) is 0 Å². The van der Waals surface area contributed by atoms with E-state index < -0.39 is 0 Å². The number of rotatable bonds is 3. The van der Waals surface area contributed by atoms with Gasteiger partial charge in [0, 0.05) is 31.7 Å². The lowest BCUT2D eigenvalue weighted by Gasteiger charge is -2.34. The second kappa shape index (κ2) is 4.69. The van der Waals surface area contributed by atoms with Gasteiger partial charge in [-0.2, -0.15) is 5.10 Å². The van der Waals surface area contributed by atoms with Crippen molar-refractivity contribution in [2.45, 2.75) is 25.1 Å². The van der Waals surface area contributed by atoms with Crippen LogP contribution in [0.2, 0.25) is 0 Å². The molecule has 1 aromatic rings. The minimum absolute atomic E-state index is 0.0497. The molecule has 0 atom stereocenters. The summed E-state index contributed by atoms with van der Waals surface area (Å²) >= 11 is 5.94. The molecule has 1 aromatic heterocycles. The van der Waals surface area contributed by atoms with Crippen LogP contribution in [0.1, 0.15) is 28.9 Å². The quantitative estimate of drug-likeness (QED) is 0.773. The average Bonchev–Trinajstić information content (AvgIpc) is 2.56. The standard InChI is InChI=1S/C12H18ClN3O/c1-8-11(6-14-16(8)3)12(17)15(2)7-9-4-10(13)5-9/h6,9-10H,4-5,7H2,1-3H3. The molecule has 1 heterocycles. The molecule has 1 aliphatic rings. The predicted octanol–water partition coefficient (Wildman–Crippen LogP) is 1.82. The van der Waals surface area contributed by atoms with Crippen LogP contribution < -0.4 is 0 Å². The van der Waals surface area contributed by atoms with Gasteiger partial charge in [0.2, 0.25) is 0 Å². The molecule has 4 nitrogen and oxygen atoms in total. The maximum atomic E-state index is 12.2. The number of carbonyl (C=O) groups is 1. The molecule has 0 aromatic carbocycles. The molecule has 1 fully saturated rings. The number of carbonyl (C=O) groups excluding carboxylic acids is 1. The molecular weight excluding hydrogens is 238 g/mol. The summed E-state index contributed by atoms with van der Waals surface area (Å²) in [4.78, 5) is 14.0. The molecule has 1 amide bonds. The largest absolute Gasteiger partial charge is 0.341 e. The van der Waals surface area contributed by atoms with E-state index in [4.69, 9.17) is 11.6 Å². The van der Waals surface area contributed by atoms with E-state index in [1.807, 2.05) is 21.0 Å². The third kappa shape index (κ3) is 2.46. The van der Waals surface area contributed by atoms with Gasteiger partial charge in [-0.15, -0.1) is 11.6 Å². The second-order valence-corrected chi connectivity index (χ2v) is 5.50. The Hall–Kier alpha value is -1.03. The van der Waals surface area contributed by atoms with E-state index in [0.717, 1.165) is 25.1 Å². The van der Waals surface area contributed by atoms with Crippen molar-refractivity contribution < 1.29 is 4.79 Å². The third-order valence-electron chi connectivity index (χ3n) is 3.52. The Balaban J connectivity index is 1.97. The van der Waals surface area contributed by atoms with E-state index in [1.165, 1.54) is 0 Å². The number of hydrogen-bond donors (Lipinski definition) is 0. The van der Waals surface area contributed by atoms with E-state index >= 15 is 0 Å². The van der Waals surface area contributed by atoms with Crippen molar-refractivity contribution in [2.24, 2.45) is 13.0 Å². The summed E-state index contributed by atoms with van der Waals surface area (Å²) in [6.07, 6.45) is 3.68. The first-order valence-electron chi connectivity index (χ1n) is 5.87. The highest BCUT2D eigenvalue weighted by molar-refractivity contribution is 6.21. The van der Waals surface area contributed by atoms with Gasteiger partial charge in [0.05, 0.1) is 11.8 Å². The van der Waals surface area contributed by atoms with Gasteiger partial charge in [0.1, 0.15) is 0 Å². The smallest absolute Gasteiger partial charge is 0.257 e. The highest BCUT2D eigenvalue weighted by atomic mass is 35.5. The number of halogens is 1. The zero-order chi connectivity index (χ0) is 12.6. The summed E-state index contributed by atoms with van der Waals surface area (Å²) in [5.74, 6) is 0.608. The van der Waals surface area contributed by atoms with E-state index in [2.05, 4.69) is 5.10 Å². The molecule has 0 radical (unpaired) electrons. The highest BCUT2D eigenvalue weighted by Crippen LogP contribution is 2.32. The van der Waals surface area contributed by atoms with Crippen LogP contribution >= 0.6 is 11.6 Å². The monoisotopic (exact) mass is 255 g/mol. The van der Waals surface area contributed by atoms with Crippen LogP contribution in [-0.4, -0.2) is 39.6 Å². The molecule has 5 heteroatoms. The van der Waals surface area contributed by atoms with Crippen LogP contribution in [0, 0.1) is 12.8 Å². The van der Waals surface area contributed by atoms with Crippen molar-refractivity contribution in [2.75, 3.05) is 13.6 Å². The van der Waals surface area contributed by atoms with Crippen molar-refractivity contribution in [3.63, 3.8) is 0 Å².